The second-order valence-electron chi connectivity index (χ2n) is 8.21. The van der Waals surface area contributed by atoms with Gasteiger partial charge >= 0.3 is 6.09 Å². The van der Waals surface area contributed by atoms with Crippen molar-refractivity contribution in [1.82, 2.24) is 10.6 Å². The normalized spacial score (nSPS) is 11.3. The zero-order valence-corrected chi connectivity index (χ0v) is 20.6. The number of nitrogens with one attached hydrogen (secondary N) is 2. The Balaban J connectivity index is 0.00000961. The molecule has 2 amide bonds. The van der Waals surface area contributed by atoms with Crippen molar-refractivity contribution in [2.24, 2.45) is 5.73 Å². The van der Waals surface area contributed by atoms with E-state index in [0.717, 1.165) is 18.4 Å². The number of benzene rings is 1. The first kappa shape index (κ1) is 30.2. The van der Waals surface area contributed by atoms with E-state index in [1.54, 1.807) is 0 Å². The van der Waals surface area contributed by atoms with E-state index in [9.17, 15) is 9.59 Å². The van der Waals surface area contributed by atoms with E-state index in [1.807, 2.05) is 30.3 Å². The molecular formula is C25H44ClN3O3. The maximum Gasteiger partial charge on any atom is 0.407 e. The van der Waals surface area contributed by atoms with Crippen molar-refractivity contribution in [2.45, 2.75) is 96.6 Å². The summed E-state index contributed by atoms with van der Waals surface area (Å²) in [5.74, 6) is -0.109. The van der Waals surface area contributed by atoms with Crippen LogP contribution >= 0.6 is 12.4 Å². The molecule has 1 aromatic rings. The van der Waals surface area contributed by atoms with Gasteiger partial charge in [-0.3, -0.25) is 4.79 Å². The molecule has 1 aromatic carbocycles. The van der Waals surface area contributed by atoms with Crippen LogP contribution in [0.1, 0.15) is 89.5 Å². The Bertz CT molecular complexity index is 587. The minimum absolute atomic E-state index is 0. The van der Waals surface area contributed by atoms with Gasteiger partial charge < -0.3 is 21.1 Å². The monoisotopic (exact) mass is 469 g/mol. The van der Waals surface area contributed by atoms with Gasteiger partial charge in [0.1, 0.15) is 6.61 Å². The van der Waals surface area contributed by atoms with E-state index in [-0.39, 0.29) is 24.9 Å². The fourth-order valence-electron chi connectivity index (χ4n) is 3.37. The summed E-state index contributed by atoms with van der Waals surface area (Å²) in [7, 11) is 0. The van der Waals surface area contributed by atoms with Crippen molar-refractivity contribution in [2.75, 3.05) is 13.1 Å². The van der Waals surface area contributed by atoms with E-state index in [1.165, 1.54) is 51.4 Å². The third-order valence-corrected chi connectivity index (χ3v) is 5.34. The molecule has 0 bridgehead atoms. The summed E-state index contributed by atoms with van der Waals surface area (Å²) in [6.45, 7) is 3.61. The van der Waals surface area contributed by atoms with Crippen LogP contribution in [0.5, 0.6) is 0 Å². The highest BCUT2D eigenvalue weighted by atomic mass is 35.5. The summed E-state index contributed by atoms with van der Waals surface area (Å²) in [4.78, 5) is 23.7. The SMILES string of the molecule is CCCCCCCCCCCCNC(=O)C(N)CCCNC(=O)OCc1ccccc1.Cl. The third-order valence-electron chi connectivity index (χ3n) is 5.34. The highest BCUT2D eigenvalue weighted by Gasteiger charge is 2.12. The van der Waals surface area contributed by atoms with Gasteiger partial charge in [0.05, 0.1) is 6.04 Å². The number of hydrogen-bond acceptors (Lipinski definition) is 4. The van der Waals surface area contributed by atoms with Gasteiger partial charge in [0.15, 0.2) is 0 Å². The number of ether oxygens (including phenoxy) is 1. The standard InChI is InChI=1S/C25H43N3O3.ClH/c1-2-3-4-5-6-7-8-9-10-14-19-27-24(29)23(26)18-15-20-28-25(30)31-21-22-16-12-11-13-17-22;/h11-13,16-17,23H,2-10,14-15,18-21,26H2,1H3,(H,27,29)(H,28,30);1H. The Hall–Kier alpha value is -1.79. The minimum Gasteiger partial charge on any atom is -0.445 e. The molecule has 4 N–H and O–H groups in total. The average Bonchev–Trinajstić information content (AvgIpc) is 2.79. The smallest absolute Gasteiger partial charge is 0.407 e. The van der Waals surface area contributed by atoms with E-state index in [4.69, 9.17) is 10.5 Å². The van der Waals surface area contributed by atoms with Crippen LogP contribution in [0, 0.1) is 0 Å². The molecule has 0 saturated carbocycles. The lowest BCUT2D eigenvalue weighted by Gasteiger charge is -2.12. The van der Waals surface area contributed by atoms with Crippen LogP contribution in [0.3, 0.4) is 0 Å². The molecule has 0 aliphatic heterocycles. The molecule has 7 heteroatoms. The number of nitrogens with two attached hydrogens (primary N) is 1. The predicted octanol–water partition coefficient (Wildman–Crippen LogP) is 5.48. The molecule has 0 aromatic heterocycles. The van der Waals surface area contributed by atoms with Crippen molar-refractivity contribution in [3.63, 3.8) is 0 Å². The number of rotatable bonds is 18. The van der Waals surface area contributed by atoms with Gasteiger partial charge in [0, 0.05) is 13.1 Å². The summed E-state index contributed by atoms with van der Waals surface area (Å²) >= 11 is 0. The minimum atomic E-state index is -0.537. The van der Waals surface area contributed by atoms with Crippen molar-refractivity contribution in [1.29, 1.82) is 0 Å². The van der Waals surface area contributed by atoms with Gasteiger partial charge in [-0.05, 0) is 24.8 Å². The molecule has 184 valence electrons. The molecule has 32 heavy (non-hydrogen) atoms. The van der Waals surface area contributed by atoms with Gasteiger partial charge in [-0.15, -0.1) is 12.4 Å². The van der Waals surface area contributed by atoms with Crippen LogP contribution in [0.15, 0.2) is 30.3 Å². The number of unbranched alkanes of at least 4 members (excludes halogenated alkanes) is 9. The predicted molar refractivity (Wildman–Crippen MR) is 134 cm³/mol. The maximum atomic E-state index is 12.0. The number of carbonyl (C=O) groups is 2. The lowest BCUT2D eigenvalue weighted by Crippen LogP contribution is -2.41. The highest BCUT2D eigenvalue weighted by Crippen LogP contribution is 2.10. The Labute approximate surface area is 200 Å². The molecule has 1 atom stereocenters. The number of alkyl carbamates (subject to hydrolysis) is 1. The lowest BCUT2D eigenvalue weighted by molar-refractivity contribution is -0.122. The van der Waals surface area contributed by atoms with Gasteiger partial charge in [-0.2, -0.15) is 0 Å². The van der Waals surface area contributed by atoms with Gasteiger partial charge in [0.2, 0.25) is 5.91 Å². The van der Waals surface area contributed by atoms with Crippen LogP contribution in [-0.2, 0) is 16.1 Å². The first-order valence-corrected chi connectivity index (χ1v) is 12.1. The van der Waals surface area contributed by atoms with Crippen LogP contribution in [0.25, 0.3) is 0 Å². The maximum absolute atomic E-state index is 12.0. The van der Waals surface area contributed by atoms with Crippen molar-refractivity contribution >= 4 is 24.4 Å². The van der Waals surface area contributed by atoms with E-state index < -0.39 is 12.1 Å². The van der Waals surface area contributed by atoms with E-state index >= 15 is 0 Å². The number of halogens is 1. The van der Waals surface area contributed by atoms with Crippen LogP contribution in [0.2, 0.25) is 0 Å². The topological polar surface area (TPSA) is 93.5 Å². The molecule has 1 unspecified atom stereocenters. The van der Waals surface area contributed by atoms with Gasteiger partial charge in [-0.25, -0.2) is 4.79 Å². The second kappa shape index (κ2) is 21.1. The van der Waals surface area contributed by atoms with Crippen LogP contribution in [0.4, 0.5) is 4.79 Å². The molecule has 0 radical (unpaired) electrons. The summed E-state index contributed by atoms with van der Waals surface area (Å²) in [5.41, 5.74) is 6.89. The summed E-state index contributed by atoms with van der Waals surface area (Å²) in [5, 5.41) is 5.61. The Morgan fingerprint density at radius 3 is 2.03 bits per heavy atom. The van der Waals surface area contributed by atoms with Gasteiger partial charge in [0.25, 0.3) is 0 Å². The zero-order valence-electron chi connectivity index (χ0n) is 19.8. The van der Waals surface area contributed by atoms with Crippen molar-refractivity contribution < 1.29 is 14.3 Å². The molecular weight excluding hydrogens is 426 g/mol. The molecule has 0 aliphatic rings. The average molecular weight is 470 g/mol. The summed E-state index contributed by atoms with van der Waals surface area (Å²) in [6.07, 6.45) is 13.5. The highest BCUT2D eigenvalue weighted by molar-refractivity contribution is 5.85. The Morgan fingerprint density at radius 1 is 0.844 bits per heavy atom. The van der Waals surface area contributed by atoms with Gasteiger partial charge in [-0.1, -0.05) is 95.0 Å². The molecule has 0 aliphatic carbocycles. The second-order valence-corrected chi connectivity index (χ2v) is 8.21. The molecule has 6 nitrogen and oxygen atoms in total. The fourth-order valence-corrected chi connectivity index (χ4v) is 3.37. The van der Waals surface area contributed by atoms with Crippen molar-refractivity contribution in [3.8, 4) is 0 Å². The number of hydrogen-bond donors (Lipinski definition) is 3. The fraction of sp³-hybridized carbons (Fsp3) is 0.680. The Morgan fingerprint density at radius 2 is 1.41 bits per heavy atom. The first-order chi connectivity index (χ1) is 15.1. The van der Waals surface area contributed by atoms with Crippen molar-refractivity contribution in [3.05, 3.63) is 35.9 Å². The van der Waals surface area contributed by atoms with Crippen LogP contribution < -0.4 is 16.4 Å². The molecule has 1 rings (SSSR count). The summed E-state index contributed by atoms with van der Waals surface area (Å²) in [6, 6.07) is 8.99. The van der Waals surface area contributed by atoms with Crippen LogP contribution in [-0.4, -0.2) is 31.1 Å². The molecule has 0 heterocycles. The third kappa shape index (κ3) is 16.8. The first-order valence-electron chi connectivity index (χ1n) is 12.1. The molecule has 0 spiro atoms. The zero-order chi connectivity index (χ0) is 22.6. The Kier molecular flexibility index (Phi) is 19.9. The van der Waals surface area contributed by atoms with E-state index in [0.29, 0.717) is 25.9 Å². The number of amides is 2. The lowest BCUT2D eigenvalue weighted by atomic mass is 10.1. The molecule has 0 fully saturated rings. The molecule has 0 saturated heterocycles. The van der Waals surface area contributed by atoms with E-state index in [2.05, 4.69) is 17.6 Å². The largest absolute Gasteiger partial charge is 0.445 e. The number of carbonyl (C=O) groups excluding carboxylic acids is 2. The summed E-state index contributed by atoms with van der Waals surface area (Å²) < 4.78 is 5.14. The quantitative estimate of drug-likeness (QED) is 0.248.